The largest absolute Gasteiger partial charge is 0.465 e. The third kappa shape index (κ3) is 5.79. The number of para-hydroxylation sites is 2. The molecule has 2 aromatic rings. The number of alkyl carbamates (subject to hydrolysis) is 1. The van der Waals surface area contributed by atoms with Crippen molar-refractivity contribution in [3.63, 3.8) is 0 Å². The van der Waals surface area contributed by atoms with Gasteiger partial charge in [0.2, 0.25) is 17.7 Å². The number of nitrogens with zero attached hydrogens (tertiary/aromatic N) is 2. The van der Waals surface area contributed by atoms with E-state index in [1.54, 1.807) is 49.9 Å². The van der Waals surface area contributed by atoms with Gasteiger partial charge in [-0.05, 0) is 63.3 Å². The summed E-state index contributed by atoms with van der Waals surface area (Å²) in [5, 5.41) is 5.43. The Labute approximate surface area is 263 Å². The first kappa shape index (κ1) is 33.2. The summed E-state index contributed by atoms with van der Waals surface area (Å²) in [6.45, 7) is 16.1. The zero-order chi connectivity index (χ0) is 33.5. The molecule has 11 heteroatoms. The van der Waals surface area contributed by atoms with Gasteiger partial charge < -0.3 is 25.0 Å². The van der Waals surface area contributed by atoms with Crippen molar-refractivity contribution in [3.8, 4) is 0 Å². The van der Waals surface area contributed by atoms with Crippen LogP contribution in [0.2, 0.25) is 0 Å². The minimum absolute atomic E-state index is 0.120. The maximum Gasteiger partial charge on any atom is 0.408 e. The molecule has 2 aromatic carbocycles. The van der Waals surface area contributed by atoms with Crippen molar-refractivity contribution < 1.29 is 33.4 Å². The summed E-state index contributed by atoms with van der Waals surface area (Å²) in [7, 11) is 1.24. The Bertz CT molecular complexity index is 1540. The quantitative estimate of drug-likeness (QED) is 0.337. The van der Waals surface area contributed by atoms with Gasteiger partial charge in [0.15, 0.2) is 0 Å². The Hall–Kier alpha value is -4.67. The summed E-state index contributed by atoms with van der Waals surface area (Å²) in [5.74, 6) is -2.12. The van der Waals surface area contributed by atoms with Crippen LogP contribution in [-0.2, 0) is 29.3 Å². The van der Waals surface area contributed by atoms with Crippen LogP contribution >= 0.6 is 0 Å². The summed E-state index contributed by atoms with van der Waals surface area (Å²) in [6, 6.07) is 11.6. The van der Waals surface area contributed by atoms with Crippen LogP contribution in [0.25, 0.3) is 0 Å². The van der Waals surface area contributed by atoms with Crippen LogP contribution in [0.3, 0.4) is 0 Å². The Morgan fingerprint density at radius 1 is 1.02 bits per heavy atom. The number of fused-ring (bicyclic) bond motifs is 3. The molecule has 0 radical (unpaired) electrons. The molecule has 0 saturated carbocycles. The number of anilines is 2. The van der Waals surface area contributed by atoms with Gasteiger partial charge in [0.1, 0.15) is 23.9 Å². The number of rotatable bonds is 7. The summed E-state index contributed by atoms with van der Waals surface area (Å²) in [6.07, 6.45) is 0.154. The Morgan fingerprint density at radius 2 is 1.64 bits per heavy atom. The average Bonchev–Trinajstić information content (AvgIpc) is 3.47. The lowest BCUT2D eigenvalue weighted by Crippen LogP contribution is -2.61. The fraction of sp³-hybridized carbons (Fsp3) is 0.441. The van der Waals surface area contributed by atoms with E-state index in [1.165, 1.54) is 31.9 Å². The minimum Gasteiger partial charge on any atom is -0.465 e. The van der Waals surface area contributed by atoms with Crippen molar-refractivity contribution >= 4 is 41.2 Å². The third-order valence-electron chi connectivity index (χ3n) is 8.69. The fourth-order valence-electron chi connectivity index (χ4n) is 6.53. The highest BCUT2D eigenvalue weighted by Crippen LogP contribution is 2.62. The maximum absolute atomic E-state index is 14.5. The second-order valence-corrected chi connectivity index (χ2v) is 13.0. The van der Waals surface area contributed by atoms with Crippen LogP contribution in [0, 0.1) is 5.41 Å². The Morgan fingerprint density at radius 3 is 2.24 bits per heavy atom. The predicted octanol–water partition coefficient (Wildman–Crippen LogP) is 4.77. The molecule has 2 aliphatic rings. The standard InChI is InChI=1S/C34H42N4O7/c1-10-33(7,8)34-19-26(27(40)36-24-17-13-11-15-22(24)29(42)44-9)38(28(41)20(2)35-31(43)45-32(4,5)6)30(34)37(21(3)39)25-18-14-12-16-23(25)34/h10-18,20,26,30H,1,19H2,2-9H3,(H,35,43)(H,36,40)/t20-,26+,30-,34+/m1/s1. The molecule has 2 aliphatic heterocycles. The molecule has 2 heterocycles. The van der Waals surface area contributed by atoms with Crippen LogP contribution in [0.5, 0.6) is 0 Å². The zero-order valence-corrected chi connectivity index (χ0v) is 27.1. The number of hydrogen-bond acceptors (Lipinski definition) is 7. The van der Waals surface area contributed by atoms with Crippen LogP contribution in [0.4, 0.5) is 16.2 Å². The fourth-order valence-corrected chi connectivity index (χ4v) is 6.53. The topological polar surface area (TPSA) is 134 Å². The number of ether oxygens (including phenoxy) is 2. The molecule has 45 heavy (non-hydrogen) atoms. The van der Waals surface area contributed by atoms with Crippen molar-refractivity contribution in [1.29, 1.82) is 0 Å². The number of nitrogens with one attached hydrogen (secondary N) is 2. The lowest BCUT2D eigenvalue weighted by Gasteiger charge is -2.45. The van der Waals surface area contributed by atoms with Crippen LogP contribution in [-0.4, -0.2) is 65.6 Å². The summed E-state index contributed by atoms with van der Waals surface area (Å²) < 4.78 is 10.3. The zero-order valence-electron chi connectivity index (χ0n) is 27.1. The third-order valence-corrected chi connectivity index (χ3v) is 8.69. The highest BCUT2D eigenvalue weighted by molar-refractivity contribution is 6.05. The molecule has 0 bridgehead atoms. The van der Waals surface area contributed by atoms with E-state index in [2.05, 4.69) is 17.2 Å². The summed E-state index contributed by atoms with van der Waals surface area (Å²) >= 11 is 0. The summed E-state index contributed by atoms with van der Waals surface area (Å²) in [4.78, 5) is 70.4. The number of amides is 4. The predicted molar refractivity (Wildman–Crippen MR) is 170 cm³/mol. The van der Waals surface area contributed by atoms with E-state index in [-0.39, 0.29) is 23.6 Å². The number of carbonyl (C=O) groups excluding carboxylic acids is 5. The molecule has 11 nitrogen and oxygen atoms in total. The van der Waals surface area contributed by atoms with Gasteiger partial charge >= 0.3 is 12.1 Å². The molecule has 1 fully saturated rings. The number of hydrogen-bond donors (Lipinski definition) is 2. The molecule has 4 atom stereocenters. The van der Waals surface area contributed by atoms with Gasteiger partial charge in [-0.3, -0.25) is 19.3 Å². The molecule has 0 spiro atoms. The van der Waals surface area contributed by atoms with Gasteiger partial charge in [0.25, 0.3) is 0 Å². The lowest BCUT2D eigenvalue weighted by atomic mass is 9.60. The second kappa shape index (κ2) is 12.0. The Kier molecular flexibility index (Phi) is 8.88. The Balaban J connectivity index is 1.88. The molecule has 0 aromatic heterocycles. The first-order chi connectivity index (χ1) is 21.0. The van der Waals surface area contributed by atoms with Crippen LogP contribution < -0.4 is 15.5 Å². The molecule has 0 aliphatic carbocycles. The smallest absolute Gasteiger partial charge is 0.408 e. The van der Waals surface area contributed by atoms with Gasteiger partial charge in [-0.15, -0.1) is 6.58 Å². The molecule has 240 valence electrons. The molecular weight excluding hydrogens is 576 g/mol. The number of methoxy groups -OCH3 is 1. The maximum atomic E-state index is 14.5. The van der Waals surface area contributed by atoms with E-state index in [1.807, 2.05) is 38.1 Å². The molecular formula is C34H42N4O7. The van der Waals surface area contributed by atoms with Gasteiger partial charge in [0, 0.05) is 18.0 Å². The summed E-state index contributed by atoms with van der Waals surface area (Å²) in [5.41, 5.74) is -0.742. The number of benzene rings is 2. The van der Waals surface area contributed by atoms with Gasteiger partial charge in [-0.2, -0.15) is 0 Å². The monoisotopic (exact) mass is 618 g/mol. The molecule has 0 unspecified atom stereocenters. The number of allylic oxidation sites excluding steroid dienone is 1. The van der Waals surface area contributed by atoms with Crippen molar-refractivity contribution in [3.05, 3.63) is 72.3 Å². The van der Waals surface area contributed by atoms with E-state index in [0.717, 1.165) is 5.56 Å². The van der Waals surface area contributed by atoms with E-state index >= 15 is 0 Å². The normalized spacial score (nSPS) is 21.2. The molecule has 4 amide bonds. The average molecular weight is 619 g/mol. The molecule has 1 saturated heterocycles. The molecule has 2 N–H and O–H groups in total. The first-order valence-corrected chi connectivity index (χ1v) is 14.8. The minimum atomic E-state index is -1.13. The first-order valence-electron chi connectivity index (χ1n) is 14.8. The lowest BCUT2D eigenvalue weighted by molar-refractivity contribution is -0.141. The van der Waals surface area contributed by atoms with Crippen molar-refractivity contribution in [2.45, 2.75) is 84.2 Å². The number of esters is 1. The van der Waals surface area contributed by atoms with Gasteiger partial charge in [0.05, 0.1) is 18.4 Å². The number of carbonyl (C=O) groups is 5. The van der Waals surface area contributed by atoms with Gasteiger partial charge in [-0.25, -0.2) is 9.59 Å². The van der Waals surface area contributed by atoms with Crippen molar-refractivity contribution in [1.82, 2.24) is 10.2 Å². The molecule has 4 rings (SSSR count). The van der Waals surface area contributed by atoms with Gasteiger partial charge in [-0.1, -0.05) is 50.3 Å². The van der Waals surface area contributed by atoms with E-state index in [4.69, 9.17) is 9.47 Å². The highest BCUT2D eigenvalue weighted by atomic mass is 16.6. The van der Waals surface area contributed by atoms with Crippen molar-refractivity contribution in [2.24, 2.45) is 5.41 Å². The van der Waals surface area contributed by atoms with E-state index in [9.17, 15) is 24.0 Å². The second-order valence-electron chi connectivity index (χ2n) is 13.0. The van der Waals surface area contributed by atoms with Crippen molar-refractivity contribution in [2.75, 3.05) is 17.3 Å². The van der Waals surface area contributed by atoms with Crippen LogP contribution in [0.15, 0.2) is 61.2 Å². The number of likely N-dealkylation sites (tertiary alicyclic amines) is 1. The van der Waals surface area contributed by atoms with E-state index in [0.29, 0.717) is 5.69 Å². The van der Waals surface area contributed by atoms with Crippen LogP contribution in [0.1, 0.15) is 70.8 Å². The SMILES string of the molecule is C=CC(C)(C)[C@]12C[C@@H](C(=O)Nc3ccccc3C(=O)OC)N(C(=O)[C@@H](C)NC(=O)OC(C)(C)C)[C@H]1N(C(C)=O)c1ccccc12. The van der Waals surface area contributed by atoms with E-state index < -0.39 is 58.6 Å². The highest BCUT2D eigenvalue weighted by Gasteiger charge is 2.68.